The number of benzene rings is 2. The van der Waals surface area contributed by atoms with E-state index >= 15 is 0 Å². The third-order valence-electron chi connectivity index (χ3n) is 6.75. The normalized spacial score (nSPS) is 16.8. The third kappa shape index (κ3) is 4.10. The zero-order valence-corrected chi connectivity index (χ0v) is 20.9. The van der Waals surface area contributed by atoms with E-state index in [4.69, 9.17) is 9.47 Å². The van der Waals surface area contributed by atoms with Crippen molar-refractivity contribution in [1.29, 1.82) is 0 Å². The highest BCUT2D eigenvalue weighted by atomic mass is 19.4. The molecule has 0 saturated carbocycles. The summed E-state index contributed by atoms with van der Waals surface area (Å²) in [7, 11) is 1.71. The molecule has 190 valence electrons. The summed E-state index contributed by atoms with van der Waals surface area (Å²) < 4.78 is 54.2. The van der Waals surface area contributed by atoms with E-state index in [0.717, 1.165) is 23.4 Å². The number of hydrogen-bond acceptors (Lipinski definition) is 4. The molecule has 0 fully saturated rings. The molecule has 3 aromatic rings. The highest BCUT2D eigenvalue weighted by molar-refractivity contribution is 5.95. The van der Waals surface area contributed by atoms with E-state index in [-0.39, 0.29) is 29.1 Å². The fraction of sp³-hybridized carbons (Fsp3) is 0.407. The molecular weight excluding hydrogens is 471 g/mol. The number of aromatic nitrogens is 2. The summed E-state index contributed by atoms with van der Waals surface area (Å²) in [6.45, 7) is 8.09. The maximum absolute atomic E-state index is 13.5. The Hall–Kier alpha value is -3.49. The minimum atomic E-state index is -4.50. The van der Waals surface area contributed by atoms with Crippen LogP contribution in [0.2, 0.25) is 0 Å². The van der Waals surface area contributed by atoms with Crippen molar-refractivity contribution in [1.82, 2.24) is 14.5 Å². The number of ether oxygens (including phenoxy) is 2. The van der Waals surface area contributed by atoms with E-state index in [1.165, 1.54) is 6.07 Å². The molecule has 0 bridgehead atoms. The zero-order valence-electron chi connectivity index (χ0n) is 20.9. The van der Waals surface area contributed by atoms with Gasteiger partial charge in [-0.05, 0) is 64.3 Å². The predicted octanol–water partition coefficient (Wildman–Crippen LogP) is 5.69. The fourth-order valence-electron chi connectivity index (χ4n) is 4.52. The maximum Gasteiger partial charge on any atom is 0.416 e. The van der Waals surface area contributed by atoms with Gasteiger partial charge in [-0.3, -0.25) is 9.36 Å². The highest BCUT2D eigenvalue weighted by Gasteiger charge is 2.35. The molecule has 2 aliphatic rings. The standard InChI is InChI=1S/C27H28F3N3O3/c1-15-14-35-21-12-16-9-10-19-23(25(34)32(5)26(2,3)4)31-24(33(19)20(16)13-22(21)36-15)17-7-6-8-18(11-17)27(28,29)30/h6-8,11-13,15H,9-10,14H2,1-5H3. The van der Waals surface area contributed by atoms with Gasteiger partial charge in [0.05, 0.1) is 16.9 Å². The fourth-order valence-corrected chi connectivity index (χ4v) is 4.52. The van der Waals surface area contributed by atoms with E-state index in [2.05, 4.69) is 4.98 Å². The van der Waals surface area contributed by atoms with Crippen molar-refractivity contribution in [3.63, 3.8) is 0 Å². The van der Waals surface area contributed by atoms with Crippen molar-refractivity contribution >= 4 is 5.91 Å². The van der Waals surface area contributed by atoms with E-state index in [1.807, 2.05) is 39.8 Å². The van der Waals surface area contributed by atoms with Crippen LogP contribution in [0.5, 0.6) is 11.5 Å². The van der Waals surface area contributed by atoms with Crippen LogP contribution >= 0.6 is 0 Å². The molecule has 9 heteroatoms. The molecule has 0 saturated heterocycles. The third-order valence-corrected chi connectivity index (χ3v) is 6.75. The first-order valence-corrected chi connectivity index (χ1v) is 11.9. The van der Waals surface area contributed by atoms with Gasteiger partial charge in [0.15, 0.2) is 17.2 Å². The van der Waals surface area contributed by atoms with Gasteiger partial charge in [0, 0.05) is 24.2 Å². The molecule has 0 radical (unpaired) electrons. The van der Waals surface area contributed by atoms with E-state index in [0.29, 0.717) is 36.6 Å². The number of halogens is 3. The topological polar surface area (TPSA) is 56.6 Å². The molecule has 2 aliphatic heterocycles. The number of nitrogens with zero attached hydrogens (tertiary/aromatic N) is 3. The lowest BCUT2D eigenvalue weighted by molar-refractivity contribution is -0.137. The first-order valence-electron chi connectivity index (χ1n) is 11.9. The van der Waals surface area contributed by atoms with Crippen molar-refractivity contribution in [2.45, 2.75) is 58.4 Å². The molecule has 1 atom stereocenters. The van der Waals surface area contributed by atoms with Gasteiger partial charge < -0.3 is 14.4 Å². The quantitative estimate of drug-likeness (QED) is 0.455. The second-order valence-electron chi connectivity index (χ2n) is 10.3. The average molecular weight is 500 g/mol. The van der Waals surface area contributed by atoms with Crippen LogP contribution in [0, 0.1) is 0 Å². The first kappa shape index (κ1) is 24.2. The number of amides is 1. The summed E-state index contributed by atoms with van der Waals surface area (Å²) in [4.78, 5) is 19.8. The number of fused-ring (bicyclic) bond motifs is 4. The van der Waals surface area contributed by atoms with Crippen molar-refractivity contribution < 1.29 is 27.4 Å². The Kier molecular flexibility index (Phi) is 5.57. The Morgan fingerprint density at radius 1 is 1.11 bits per heavy atom. The monoisotopic (exact) mass is 499 g/mol. The summed E-state index contributed by atoms with van der Waals surface area (Å²) in [6, 6.07) is 8.80. The van der Waals surface area contributed by atoms with E-state index in [9.17, 15) is 18.0 Å². The first-order chi connectivity index (χ1) is 16.8. The van der Waals surface area contributed by atoms with Crippen LogP contribution in [0.25, 0.3) is 17.1 Å². The Morgan fingerprint density at radius 2 is 1.86 bits per heavy atom. The molecule has 36 heavy (non-hydrogen) atoms. The molecule has 0 N–H and O–H groups in total. The van der Waals surface area contributed by atoms with Crippen LogP contribution in [0.15, 0.2) is 36.4 Å². The van der Waals surface area contributed by atoms with Crippen LogP contribution in [0.3, 0.4) is 0 Å². The number of rotatable bonds is 2. The van der Waals surface area contributed by atoms with Crippen molar-refractivity contribution in [2.24, 2.45) is 0 Å². The summed E-state index contributed by atoms with van der Waals surface area (Å²) in [5.41, 5.74) is 1.63. The molecule has 3 heterocycles. The van der Waals surface area contributed by atoms with Crippen LogP contribution in [0.1, 0.15) is 55.0 Å². The number of carbonyl (C=O) groups is 1. The second kappa shape index (κ2) is 8.28. The van der Waals surface area contributed by atoms with Crippen LogP contribution in [-0.2, 0) is 19.0 Å². The Bertz CT molecular complexity index is 1350. The Balaban J connectivity index is 1.74. The number of aryl methyl sites for hydroxylation is 1. The summed E-state index contributed by atoms with van der Waals surface area (Å²) in [6.07, 6.45) is -3.50. The SMILES string of the molecule is CC1COc2cc3c(cc2O1)-n1c(-c2cccc(C(F)(F)F)c2)nc(C(=O)N(C)C(C)(C)C)c1CC3. The van der Waals surface area contributed by atoms with Gasteiger partial charge in [-0.15, -0.1) is 0 Å². The van der Waals surface area contributed by atoms with Crippen molar-refractivity contribution in [2.75, 3.05) is 13.7 Å². The molecule has 1 unspecified atom stereocenters. The van der Waals surface area contributed by atoms with Gasteiger partial charge in [0.2, 0.25) is 0 Å². The smallest absolute Gasteiger partial charge is 0.416 e. The average Bonchev–Trinajstić information content (AvgIpc) is 3.21. The van der Waals surface area contributed by atoms with E-state index in [1.54, 1.807) is 22.6 Å². The van der Waals surface area contributed by atoms with Gasteiger partial charge in [-0.2, -0.15) is 13.2 Å². The van der Waals surface area contributed by atoms with Gasteiger partial charge in [0.1, 0.15) is 18.5 Å². The minimum Gasteiger partial charge on any atom is -0.486 e. The van der Waals surface area contributed by atoms with Crippen molar-refractivity contribution in [3.8, 4) is 28.6 Å². The Morgan fingerprint density at radius 3 is 2.56 bits per heavy atom. The van der Waals surface area contributed by atoms with Gasteiger partial charge in [-0.25, -0.2) is 4.98 Å². The maximum atomic E-state index is 13.5. The molecule has 5 rings (SSSR count). The second-order valence-corrected chi connectivity index (χ2v) is 10.3. The lowest BCUT2D eigenvalue weighted by Crippen LogP contribution is -2.43. The molecule has 2 aromatic carbocycles. The molecule has 1 amide bonds. The summed E-state index contributed by atoms with van der Waals surface area (Å²) in [5, 5.41) is 0. The number of alkyl halides is 3. The largest absolute Gasteiger partial charge is 0.486 e. The lowest BCUT2D eigenvalue weighted by Gasteiger charge is -2.32. The number of imidazole rings is 1. The molecule has 0 spiro atoms. The van der Waals surface area contributed by atoms with Gasteiger partial charge in [0.25, 0.3) is 5.91 Å². The van der Waals surface area contributed by atoms with Crippen LogP contribution < -0.4 is 9.47 Å². The molecule has 6 nitrogen and oxygen atoms in total. The molecular formula is C27H28F3N3O3. The van der Waals surface area contributed by atoms with E-state index < -0.39 is 17.3 Å². The lowest BCUT2D eigenvalue weighted by atomic mass is 9.98. The summed E-state index contributed by atoms with van der Waals surface area (Å²) in [5.74, 6) is 1.20. The number of carbonyl (C=O) groups excluding carboxylic acids is 1. The van der Waals surface area contributed by atoms with Crippen LogP contribution in [-0.4, -0.2) is 45.7 Å². The highest BCUT2D eigenvalue weighted by Crippen LogP contribution is 2.42. The molecule has 0 aliphatic carbocycles. The van der Waals surface area contributed by atoms with Gasteiger partial charge in [-0.1, -0.05) is 12.1 Å². The minimum absolute atomic E-state index is 0.137. The predicted molar refractivity (Wildman–Crippen MR) is 129 cm³/mol. The molecule has 1 aromatic heterocycles. The zero-order chi connectivity index (χ0) is 26.0. The van der Waals surface area contributed by atoms with Crippen LogP contribution in [0.4, 0.5) is 13.2 Å². The summed E-state index contributed by atoms with van der Waals surface area (Å²) >= 11 is 0. The number of hydrogen-bond donors (Lipinski definition) is 0. The van der Waals surface area contributed by atoms with Crippen molar-refractivity contribution in [3.05, 3.63) is 58.9 Å². The Labute approximate surface area is 207 Å². The van der Waals surface area contributed by atoms with Gasteiger partial charge >= 0.3 is 6.18 Å².